The first kappa shape index (κ1) is 7.73. The van der Waals surface area contributed by atoms with E-state index in [2.05, 4.69) is 11.7 Å². The van der Waals surface area contributed by atoms with Crippen molar-refractivity contribution in [2.75, 3.05) is 13.2 Å². The summed E-state index contributed by atoms with van der Waals surface area (Å²) in [4.78, 5) is 3.80. The van der Waals surface area contributed by atoms with Crippen LogP contribution in [0.25, 0.3) is 0 Å². The van der Waals surface area contributed by atoms with E-state index in [1.807, 2.05) is 0 Å². The molecule has 1 aliphatic rings. The third-order valence-electron chi connectivity index (χ3n) is 1.88. The zero-order chi connectivity index (χ0) is 7.23. The van der Waals surface area contributed by atoms with Gasteiger partial charge >= 0.3 is 0 Å². The maximum absolute atomic E-state index is 5.49. The molecule has 1 saturated heterocycles. The molecule has 0 radical (unpaired) electrons. The van der Waals surface area contributed by atoms with E-state index in [1.54, 1.807) is 0 Å². The second-order valence-corrected chi connectivity index (χ2v) is 2.72. The predicted octanol–water partition coefficient (Wildman–Crippen LogP) is 1.65. The average Bonchev–Trinajstić information content (AvgIpc) is 2.03. The van der Waals surface area contributed by atoms with Crippen LogP contribution in [0.5, 0.6) is 0 Å². The Morgan fingerprint density at radius 2 is 2.40 bits per heavy atom. The predicted molar refractivity (Wildman–Crippen MR) is 42.6 cm³/mol. The molecule has 1 rings (SSSR count). The van der Waals surface area contributed by atoms with E-state index in [0.29, 0.717) is 6.10 Å². The van der Waals surface area contributed by atoms with Crippen LogP contribution >= 0.6 is 0 Å². The fourth-order valence-corrected chi connectivity index (χ4v) is 1.27. The molecular formula is C8H15NO. The van der Waals surface area contributed by atoms with Gasteiger partial charge in [-0.3, -0.25) is 0 Å². The number of ether oxygens (including phenoxy) is 1. The lowest BCUT2D eigenvalue weighted by atomic mass is 10.1. The Bertz CT molecular complexity index is 97.4. The molecule has 2 nitrogen and oxygen atoms in total. The normalized spacial score (nSPS) is 26.2. The number of hydrogen-bond donors (Lipinski definition) is 0. The van der Waals surface area contributed by atoms with Gasteiger partial charge in [-0.2, -0.15) is 0 Å². The fraction of sp³-hybridized carbons (Fsp3) is 0.875. The van der Waals surface area contributed by atoms with Crippen LogP contribution in [-0.2, 0) is 4.74 Å². The molecule has 1 aliphatic heterocycles. The third kappa shape index (κ3) is 2.48. The van der Waals surface area contributed by atoms with Gasteiger partial charge in [0.1, 0.15) is 0 Å². The second kappa shape index (κ2) is 4.45. The average molecular weight is 141 g/mol. The molecule has 2 heteroatoms. The van der Waals surface area contributed by atoms with Gasteiger partial charge in [-0.25, -0.2) is 0 Å². The van der Waals surface area contributed by atoms with Crippen molar-refractivity contribution in [1.82, 2.24) is 0 Å². The van der Waals surface area contributed by atoms with E-state index in [-0.39, 0.29) is 0 Å². The van der Waals surface area contributed by atoms with Crippen molar-refractivity contribution >= 4 is 6.72 Å². The quantitative estimate of drug-likeness (QED) is 0.547. The van der Waals surface area contributed by atoms with E-state index in [0.717, 1.165) is 19.6 Å². The smallest absolute Gasteiger partial charge is 0.0592 e. The minimum atomic E-state index is 0.472. The molecule has 0 amide bonds. The topological polar surface area (TPSA) is 21.6 Å². The molecule has 10 heavy (non-hydrogen) atoms. The van der Waals surface area contributed by atoms with E-state index in [1.165, 1.54) is 19.3 Å². The number of aliphatic imine (C=N–C) groups is 1. The molecule has 1 fully saturated rings. The SMILES string of the molecule is C=NCCC1CCCCO1. The molecule has 1 unspecified atom stereocenters. The van der Waals surface area contributed by atoms with Crippen LogP contribution in [-0.4, -0.2) is 26.0 Å². The minimum absolute atomic E-state index is 0.472. The molecule has 1 heterocycles. The van der Waals surface area contributed by atoms with Crippen molar-refractivity contribution in [2.24, 2.45) is 4.99 Å². The van der Waals surface area contributed by atoms with Crippen LogP contribution in [0.3, 0.4) is 0 Å². The minimum Gasteiger partial charge on any atom is -0.378 e. The van der Waals surface area contributed by atoms with Gasteiger partial charge in [0.2, 0.25) is 0 Å². The van der Waals surface area contributed by atoms with E-state index in [4.69, 9.17) is 4.74 Å². The van der Waals surface area contributed by atoms with E-state index in [9.17, 15) is 0 Å². The van der Waals surface area contributed by atoms with Crippen LogP contribution < -0.4 is 0 Å². The van der Waals surface area contributed by atoms with Crippen molar-refractivity contribution in [1.29, 1.82) is 0 Å². The summed E-state index contributed by atoms with van der Waals surface area (Å²) in [5.74, 6) is 0. The summed E-state index contributed by atoms with van der Waals surface area (Å²) in [6.45, 7) is 5.24. The number of nitrogens with zero attached hydrogens (tertiary/aromatic N) is 1. The molecular weight excluding hydrogens is 126 g/mol. The molecule has 58 valence electrons. The molecule has 0 N–H and O–H groups in total. The Labute approximate surface area is 62.3 Å². The lowest BCUT2D eigenvalue weighted by Crippen LogP contribution is -2.19. The van der Waals surface area contributed by atoms with Crippen LogP contribution in [0, 0.1) is 0 Å². The van der Waals surface area contributed by atoms with Crippen molar-refractivity contribution in [3.63, 3.8) is 0 Å². The molecule has 0 saturated carbocycles. The molecule has 0 aromatic rings. The molecule has 0 spiro atoms. The monoisotopic (exact) mass is 141 g/mol. The van der Waals surface area contributed by atoms with Gasteiger partial charge < -0.3 is 9.73 Å². The van der Waals surface area contributed by atoms with Crippen molar-refractivity contribution in [3.05, 3.63) is 0 Å². The summed E-state index contributed by atoms with van der Waals surface area (Å²) in [7, 11) is 0. The second-order valence-electron chi connectivity index (χ2n) is 2.72. The number of hydrogen-bond acceptors (Lipinski definition) is 2. The van der Waals surface area contributed by atoms with Gasteiger partial charge in [-0.15, -0.1) is 0 Å². The van der Waals surface area contributed by atoms with Gasteiger partial charge in [0.05, 0.1) is 6.10 Å². The molecule has 0 bridgehead atoms. The lowest BCUT2D eigenvalue weighted by molar-refractivity contribution is 0.0129. The van der Waals surface area contributed by atoms with Gasteiger partial charge in [0, 0.05) is 13.2 Å². The van der Waals surface area contributed by atoms with Crippen molar-refractivity contribution in [3.8, 4) is 0 Å². The largest absolute Gasteiger partial charge is 0.378 e. The first-order valence-electron chi connectivity index (χ1n) is 3.97. The maximum atomic E-state index is 5.49. The summed E-state index contributed by atoms with van der Waals surface area (Å²) >= 11 is 0. The maximum Gasteiger partial charge on any atom is 0.0592 e. The highest BCUT2D eigenvalue weighted by molar-refractivity contribution is 5.23. The Morgan fingerprint density at radius 1 is 1.50 bits per heavy atom. The summed E-state index contributed by atoms with van der Waals surface area (Å²) in [6, 6.07) is 0. The zero-order valence-corrected chi connectivity index (χ0v) is 6.38. The van der Waals surface area contributed by atoms with Gasteiger partial charge in [-0.05, 0) is 32.4 Å². The fourth-order valence-electron chi connectivity index (χ4n) is 1.27. The van der Waals surface area contributed by atoms with Crippen LogP contribution in [0.1, 0.15) is 25.7 Å². The molecule has 1 atom stereocenters. The molecule has 0 aromatic carbocycles. The first-order valence-corrected chi connectivity index (χ1v) is 3.97. The highest BCUT2D eigenvalue weighted by Gasteiger charge is 2.11. The van der Waals surface area contributed by atoms with E-state index >= 15 is 0 Å². The summed E-state index contributed by atoms with van der Waals surface area (Å²) in [6.07, 6.45) is 5.30. The van der Waals surface area contributed by atoms with Crippen molar-refractivity contribution < 1.29 is 4.74 Å². The Balaban J connectivity index is 2.07. The summed E-state index contributed by atoms with van der Waals surface area (Å²) < 4.78 is 5.49. The van der Waals surface area contributed by atoms with E-state index < -0.39 is 0 Å². The van der Waals surface area contributed by atoms with Crippen LogP contribution in [0.15, 0.2) is 4.99 Å². The molecule has 0 aliphatic carbocycles. The number of rotatable bonds is 3. The highest BCUT2D eigenvalue weighted by Crippen LogP contribution is 2.14. The first-order chi connectivity index (χ1) is 4.93. The van der Waals surface area contributed by atoms with Gasteiger partial charge in [0.15, 0.2) is 0 Å². The Morgan fingerprint density at radius 3 is 3.00 bits per heavy atom. The van der Waals surface area contributed by atoms with Crippen LogP contribution in [0.4, 0.5) is 0 Å². The van der Waals surface area contributed by atoms with Gasteiger partial charge in [0.25, 0.3) is 0 Å². The highest BCUT2D eigenvalue weighted by atomic mass is 16.5. The third-order valence-corrected chi connectivity index (χ3v) is 1.88. The van der Waals surface area contributed by atoms with Crippen LogP contribution in [0.2, 0.25) is 0 Å². The standard InChI is InChI=1S/C8H15NO/c1-9-6-5-8-4-2-3-7-10-8/h8H,1-7H2. The summed E-state index contributed by atoms with van der Waals surface area (Å²) in [5, 5.41) is 0. The van der Waals surface area contributed by atoms with Crippen molar-refractivity contribution in [2.45, 2.75) is 31.8 Å². The Kier molecular flexibility index (Phi) is 3.44. The summed E-state index contributed by atoms with van der Waals surface area (Å²) in [5.41, 5.74) is 0. The zero-order valence-electron chi connectivity index (χ0n) is 6.38. The van der Waals surface area contributed by atoms with Gasteiger partial charge in [-0.1, -0.05) is 0 Å². The lowest BCUT2D eigenvalue weighted by Gasteiger charge is -2.21. The molecule has 0 aromatic heterocycles. The Hall–Kier alpha value is -0.370.